The number of hydrogen-bond donors (Lipinski definition) is 0. The van der Waals surface area contributed by atoms with Gasteiger partial charge in [-0.25, -0.2) is 0 Å². The van der Waals surface area contributed by atoms with Crippen LogP contribution in [0.2, 0.25) is 0 Å². The first-order chi connectivity index (χ1) is 26.8. The van der Waals surface area contributed by atoms with E-state index in [4.69, 9.17) is 4.42 Å². The van der Waals surface area contributed by atoms with Gasteiger partial charge in [-0.1, -0.05) is 158 Å². The van der Waals surface area contributed by atoms with Crippen LogP contribution in [0.1, 0.15) is 18.4 Å². The SMILES string of the molecule is C1=c2ccccc2=C(c2cccc(-c3ccccc3N(c3ccc(-c4cccc5c4oc4ccccc45)cc3)c3cccc(-c4ccccc4)c3)c2)CC1. The van der Waals surface area contributed by atoms with E-state index in [-0.39, 0.29) is 0 Å². The summed E-state index contributed by atoms with van der Waals surface area (Å²) in [6.07, 6.45) is 4.45. The van der Waals surface area contributed by atoms with E-state index in [1.807, 2.05) is 12.1 Å². The van der Waals surface area contributed by atoms with E-state index in [2.05, 4.69) is 193 Å². The van der Waals surface area contributed by atoms with Crippen molar-refractivity contribution in [3.63, 3.8) is 0 Å². The Morgan fingerprint density at radius 2 is 1.11 bits per heavy atom. The van der Waals surface area contributed by atoms with Gasteiger partial charge in [0.1, 0.15) is 11.2 Å². The van der Waals surface area contributed by atoms with Crippen molar-refractivity contribution in [3.05, 3.63) is 210 Å². The van der Waals surface area contributed by atoms with Crippen molar-refractivity contribution in [2.45, 2.75) is 12.8 Å². The predicted octanol–water partition coefficient (Wildman–Crippen LogP) is 12.8. The highest BCUT2D eigenvalue weighted by Crippen LogP contribution is 2.43. The lowest BCUT2D eigenvalue weighted by Crippen LogP contribution is -2.29. The van der Waals surface area contributed by atoms with E-state index in [1.54, 1.807) is 0 Å². The summed E-state index contributed by atoms with van der Waals surface area (Å²) in [6, 6.07) is 69.8. The van der Waals surface area contributed by atoms with Crippen molar-refractivity contribution in [1.29, 1.82) is 0 Å². The fourth-order valence-corrected chi connectivity index (χ4v) is 8.19. The Balaban J connectivity index is 1.12. The maximum Gasteiger partial charge on any atom is 0.143 e. The van der Waals surface area contributed by atoms with E-state index in [0.29, 0.717) is 0 Å². The fourth-order valence-electron chi connectivity index (χ4n) is 8.19. The molecule has 0 unspecified atom stereocenters. The van der Waals surface area contributed by atoms with Crippen LogP contribution in [0.5, 0.6) is 0 Å². The molecule has 0 aliphatic heterocycles. The summed E-state index contributed by atoms with van der Waals surface area (Å²) in [4.78, 5) is 2.40. The molecule has 8 aromatic carbocycles. The van der Waals surface area contributed by atoms with Crippen LogP contribution in [-0.2, 0) is 0 Å². The zero-order valence-electron chi connectivity index (χ0n) is 29.8. The van der Waals surface area contributed by atoms with Gasteiger partial charge >= 0.3 is 0 Å². The van der Waals surface area contributed by atoms with Crippen LogP contribution >= 0.6 is 0 Å². The first-order valence-corrected chi connectivity index (χ1v) is 18.7. The lowest BCUT2D eigenvalue weighted by molar-refractivity contribution is 0.670. The van der Waals surface area contributed by atoms with Crippen molar-refractivity contribution >= 4 is 50.6 Å². The number of nitrogens with zero attached hydrogens (tertiary/aromatic N) is 1. The number of anilines is 3. The third-order valence-electron chi connectivity index (χ3n) is 10.8. The van der Waals surface area contributed by atoms with Crippen LogP contribution in [0.25, 0.3) is 67.0 Å². The molecule has 1 aliphatic rings. The number of fused-ring (bicyclic) bond motifs is 4. The molecule has 2 heteroatoms. The normalized spacial score (nSPS) is 12.4. The summed E-state index contributed by atoms with van der Waals surface area (Å²) in [5, 5.41) is 4.94. The van der Waals surface area contributed by atoms with E-state index in [1.165, 1.54) is 43.8 Å². The average Bonchev–Trinajstić information content (AvgIpc) is 3.64. The lowest BCUT2D eigenvalue weighted by Gasteiger charge is -2.28. The molecule has 0 bridgehead atoms. The summed E-state index contributed by atoms with van der Waals surface area (Å²) in [6.45, 7) is 0. The molecule has 0 amide bonds. The first kappa shape index (κ1) is 31.8. The molecule has 10 rings (SSSR count). The molecule has 0 fully saturated rings. The second kappa shape index (κ2) is 13.6. The zero-order chi connectivity index (χ0) is 35.8. The Morgan fingerprint density at radius 3 is 2.04 bits per heavy atom. The fraction of sp³-hybridized carbons (Fsp3) is 0.0385. The molecule has 1 aliphatic carbocycles. The molecule has 0 N–H and O–H groups in total. The molecular formula is C52H37NO. The molecule has 2 nitrogen and oxygen atoms in total. The third-order valence-corrected chi connectivity index (χ3v) is 10.8. The van der Waals surface area contributed by atoms with Gasteiger partial charge < -0.3 is 9.32 Å². The van der Waals surface area contributed by atoms with Gasteiger partial charge in [0.25, 0.3) is 0 Å². The van der Waals surface area contributed by atoms with Gasteiger partial charge in [-0.2, -0.15) is 0 Å². The summed E-state index contributed by atoms with van der Waals surface area (Å²) < 4.78 is 6.43. The minimum Gasteiger partial charge on any atom is -0.455 e. The predicted molar refractivity (Wildman–Crippen MR) is 227 cm³/mol. The Bertz CT molecular complexity index is 2940. The topological polar surface area (TPSA) is 16.4 Å². The van der Waals surface area contributed by atoms with Gasteiger partial charge in [0.05, 0.1) is 5.69 Å². The highest BCUT2D eigenvalue weighted by atomic mass is 16.3. The third kappa shape index (κ3) is 5.70. The summed E-state index contributed by atoms with van der Waals surface area (Å²) >= 11 is 0. The van der Waals surface area contributed by atoms with E-state index in [0.717, 1.165) is 63.0 Å². The molecular weight excluding hydrogens is 655 g/mol. The minimum absolute atomic E-state index is 0.908. The molecule has 0 saturated heterocycles. The van der Waals surface area contributed by atoms with Gasteiger partial charge in [0.2, 0.25) is 0 Å². The number of rotatable bonds is 7. The van der Waals surface area contributed by atoms with Crippen LogP contribution < -0.4 is 15.3 Å². The van der Waals surface area contributed by atoms with Gasteiger partial charge in [-0.15, -0.1) is 0 Å². The first-order valence-electron chi connectivity index (χ1n) is 18.7. The molecule has 1 aromatic heterocycles. The van der Waals surface area contributed by atoms with E-state index in [9.17, 15) is 0 Å². The van der Waals surface area contributed by atoms with Crippen molar-refractivity contribution in [1.82, 2.24) is 0 Å². The number of furan rings is 1. The molecule has 256 valence electrons. The van der Waals surface area contributed by atoms with Crippen molar-refractivity contribution < 1.29 is 4.42 Å². The average molecular weight is 692 g/mol. The highest BCUT2D eigenvalue weighted by molar-refractivity contribution is 6.09. The number of hydrogen-bond acceptors (Lipinski definition) is 2. The summed E-state index contributed by atoms with van der Waals surface area (Å²) in [5.41, 5.74) is 14.8. The van der Waals surface area contributed by atoms with Crippen LogP contribution in [0.4, 0.5) is 17.1 Å². The highest BCUT2D eigenvalue weighted by Gasteiger charge is 2.19. The van der Waals surface area contributed by atoms with Gasteiger partial charge in [-0.05, 0) is 99.1 Å². The maximum atomic E-state index is 6.43. The summed E-state index contributed by atoms with van der Waals surface area (Å²) in [5.74, 6) is 0. The second-order valence-corrected chi connectivity index (χ2v) is 14.0. The lowest BCUT2D eigenvalue weighted by atomic mass is 9.91. The second-order valence-electron chi connectivity index (χ2n) is 14.0. The van der Waals surface area contributed by atoms with Gasteiger partial charge in [-0.3, -0.25) is 0 Å². The maximum absolute atomic E-state index is 6.43. The van der Waals surface area contributed by atoms with Crippen molar-refractivity contribution in [2.24, 2.45) is 0 Å². The van der Waals surface area contributed by atoms with E-state index < -0.39 is 0 Å². The Morgan fingerprint density at radius 1 is 0.426 bits per heavy atom. The molecule has 1 heterocycles. The van der Waals surface area contributed by atoms with E-state index >= 15 is 0 Å². The molecule has 9 aromatic rings. The van der Waals surface area contributed by atoms with Gasteiger partial charge in [0, 0.05) is 33.3 Å². The van der Waals surface area contributed by atoms with Crippen molar-refractivity contribution in [2.75, 3.05) is 4.90 Å². The quantitative estimate of drug-likeness (QED) is 0.165. The Kier molecular flexibility index (Phi) is 8.00. The smallest absolute Gasteiger partial charge is 0.143 e. The minimum atomic E-state index is 0.908. The molecule has 0 atom stereocenters. The molecule has 54 heavy (non-hydrogen) atoms. The van der Waals surface area contributed by atoms with Crippen LogP contribution in [-0.4, -0.2) is 0 Å². The zero-order valence-corrected chi connectivity index (χ0v) is 29.8. The van der Waals surface area contributed by atoms with Crippen molar-refractivity contribution in [3.8, 4) is 33.4 Å². The number of benzene rings is 8. The summed E-state index contributed by atoms with van der Waals surface area (Å²) in [7, 11) is 0. The Labute approximate surface area is 315 Å². The standard InChI is InChI=1S/C52H37NO/c1-2-14-36(15-3-1)39-18-11-21-43(35-39)53(42-32-30-38(31-33-42)47-26-13-27-49-48-24-7-9-29-51(48)54-52(47)49)50-28-8-6-23-46(50)41-20-10-19-40(34-41)45-25-12-17-37-16-4-5-22-44(37)45/h1-11,13-24,26-35H,12,25H2. The largest absolute Gasteiger partial charge is 0.455 e. The van der Waals surface area contributed by atoms with Crippen LogP contribution in [0.15, 0.2) is 199 Å². The van der Waals surface area contributed by atoms with Crippen LogP contribution in [0, 0.1) is 0 Å². The molecule has 0 spiro atoms. The Hall–Kier alpha value is -6.90. The van der Waals surface area contributed by atoms with Crippen LogP contribution in [0.3, 0.4) is 0 Å². The molecule has 0 saturated carbocycles. The molecule has 0 radical (unpaired) electrons. The van der Waals surface area contributed by atoms with Gasteiger partial charge in [0.15, 0.2) is 0 Å². The number of para-hydroxylation sites is 3. The monoisotopic (exact) mass is 691 g/mol.